The SMILES string of the molecule is Cc1ncsc1C(=O)NC[C@@H](c1ccco1)N(C)C. The molecule has 0 unspecified atom stereocenters. The van der Waals surface area contributed by atoms with Crippen molar-refractivity contribution >= 4 is 17.2 Å². The lowest BCUT2D eigenvalue weighted by Gasteiger charge is -2.22. The average Bonchev–Trinajstić information content (AvgIpc) is 3.00. The fraction of sp³-hybridized carbons (Fsp3) is 0.385. The van der Waals surface area contributed by atoms with Crippen LogP contribution in [0.3, 0.4) is 0 Å². The van der Waals surface area contributed by atoms with Crippen LogP contribution in [-0.2, 0) is 0 Å². The predicted octanol–water partition coefficient (Wildman–Crippen LogP) is 2.08. The number of amides is 1. The molecule has 0 radical (unpaired) electrons. The molecule has 0 saturated heterocycles. The summed E-state index contributed by atoms with van der Waals surface area (Å²) in [5, 5.41) is 2.93. The van der Waals surface area contributed by atoms with Crippen LogP contribution in [-0.4, -0.2) is 36.4 Å². The van der Waals surface area contributed by atoms with Crippen LogP contribution in [0.4, 0.5) is 0 Å². The number of furan rings is 1. The summed E-state index contributed by atoms with van der Waals surface area (Å²) in [7, 11) is 3.91. The van der Waals surface area contributed by atoms with Gasteiger partial charge in [-0.2, -0.15) is 0 Å². The Bertz CT molecular complexity index is 534. The normalized spacial score (nSPS) is 12.6. The van der Waals surface area contributed by atoms with Crippen molar-refractivity contribution in [3.8, 4) is 0 Å². The Morgan fingerprint density at radius 1 is 1.58 bits per heavy atom. The number of nitrogens with zero attached hydrogens (tertiary/aromatic N) is 2. The van der Waals surface area contributed by atoms with Gasteiger partial charge >= 0.3 is 0 Å². The molecule has 0 spiro atoms. The van der Waals surface area contributed by atoms with Gasteiger partial charge in [-0.25, -0.2) is 4.98 Å². The molecule has 0 fully saturated rings. The molecular formula is C13H17N3O2S. The number of aryl methyl sites for hydroxylation is 1. The molecule has 0 aromatic carbocycles. The molecule has 19 heavy (non-hydrogen) atoms. The maximum absolute atomic E-state index is 12.0. The van der Waals surface area contributed by atoms with E-state index in [9.17, 15) is 4.79 Å². The van der Waals surface area contributed by atoms with Gasteiger partial charge in [0.05, 0.1) is 23.5 Å². The fourth-order valence-electron chi connectivity index (χ4n) is 1.81. The molecule has 1 atom stereocenters. The van der Waals surface area contributed by atoms with Crippen molar-refractivity contribution in [3.05, 3.63) is 40.2 Å². The van der Waals surface area contributed by atoms with E-state index in [4.69, 9.17) is 4.42 Å². The van der Waals surface area contributed by atoms with E-state index < -0.39 is 0 Å². The average molecular weight is 279 g/mol. The summed E-state index contributed by atoms with van der Waals surface area (Å²) in [4.78, 5) is 18.8. The quantitative estimate of drug-likeness (QED) is 0.910. The number of thiazole rings is 1. The number of carbonyl (C=O) groups excluding carboxylic acids is 1. The zero-order valence-corrected chi connectivity index (χ0v) is 12.0. The molecule has 2 aromatic rings. The molecule has 0 saturated carbocycles. The van der Waals surface area contributed by atoms with Crippen LogP contribution < -0.4 is 5.32 Å². The van der Waals surface area contributed by atoms with Crippen molar-refractivity contribution in [3.63, 3.8) is 0 Å². The Morgan fingerprint density at radius 2 is 2.37 bits per heavy atom. The third kappa shape index (κ3) is 3.21. The Kier molecular flexibility index (Phi) is 4.34. The van der Waals surface area contributed by atoms with E-state index >= 15 is 0 Å². The number of hydrogen-bond donors (Lipinski definition) is 1. The van der Waals surface area contributed by atoms with Crippen LogP contribution in [0.2, 0.25) is 0 Å². The summed E-state index contributed by atoms with van der Waals surface area (Å²) >= 11 is 1.35. The zero-order valence-electron chi connectivity index (χ0n) is 11.2. The van der Waals surface area contributed by atoms with E-state index in [2.05, 4.69) is 10.3 Å². The number of rotatable bonds is 5. The molecule has 1 N–H and O–H groups in total. The van der Waals surface area contributed by atoms with Crippen molar-refractivity contribution in [2.24, 2.45) is 0 Å². The number of nitrogens with one attached hydrogen (secondary N) is 1. The van der Waals surface area contributed by atoms with Gasteiger partial charge in [-0.05, 0) is 33.2 Å². The smallest absolute Gasteiger partial charge is 0.263 e. The van der Waals surface area contributed by atoms with Gasteiger partial charge in [0.1, 0.15) is 10.6 Å². The van der Waals surface area contributed by atoms with Crippen molar-refractivity contribution in [2.45, 2.75) is 13.0 Å². The summed E-state index contributed by atoms with van der Waals surface area (Å²) in [6.07, 6.45) is 1.64. The third-order valence-electron chi connectivity index (χ3n) is 2.90. The van der Waals surface area contributed by atoms with Crippen LogP contribution in [0.15, 0.2) is 28.3 Å². The predicted molar refractivity (Wildman–Crippen MR) is 74.3 cm³/mol. The first-order valence-electron chi connectivity index (χ1n) is 5.97. The lowest BCUT2D eigenvalue weighted by molar-refractivity contribution is 0.0942. The highest BCUT2D eigenvalue weighted by molar-refractivity contribution is 7.11. The minimum atomic E-state index is -0.0848. The Labute approximate surface area is 116 Å². The summed E-state index contributed by atoms with van der Waals surface area (Å²) in [6, 6.07) is 3.78. The number of carbonyl (C=O) groups is 1. The van der Waals surface area contributed by atoms with Gasteiger partial charge in [0.2, 0.25) is 0 Å². The molecule has 0 bridgehead atoms. The molecule has 2 rings (SSSR count). The first-order chi connectivity index (χ1) is 9.09. The second kappa shape index (κ2) is 5.99. The van der Waals surface area contributed by atoms with E-state index in [-0.39, 0.29) is 11.9 Å². The standard InChI is InChI=1S/C13H17N3O2S/c1-9-12(19-8-15-9)13(17)14-7-10(16(2)3)11-5-4-6-18-11/h4-6,8,10H,7H2,1-3H3,(H,14,17)/t10-/m0/s1. The first kappa shape index (κ1) is 13.8. The summed E-state index contributed by atoms with van der Waals surface area (Å²) in [6.45, 7) is 2.33. The van der Waals surface area contributed by atoms with Gasteiger partial charge in [0.25, 0.3) is 5.91 Å². The van der Waals surface area contributed by atoms with Crippen molar-refractivity contribution in [1.82, 2.24) is 15.2 Å². The minimum Gasteiger partial charge on any atom is -0.468 e. The highest BCUT2D eigenvalue weighted by Crippen LogP contribution is 2.18. The molecule has 2 aromatic heterocycles. The number of aromatic nitrogens is 1. The molecular weight excluding hydrogens is 262 g/mol. The van der Waals surface area contributed by atoms with Crippen LogP contribution in [0.5, 0.6) is 0 Å². The molecule has 102 valence electrons. The van der Waals surface area contributed by atoms with E-state index in [0.29, 0.717) is 11.4 Å². The third-order valence-corrected chi connectivity index (χ3v) is 3.83. The molecule has 0 aliphatic rings. The minimum absolute atomic E-state index is 0.0205. The molecule has 5 nitrogen and oxygen atoms in total. The van der Waals surface area contributed by atoms with E-state index in [0.717, 1.165) is 11.5 Å². The summed E-state index contributed by atoms with van der Waals surface area (Å²) in [5.74, 6) is 0.754. The van der Waals surface area contributed by atoms with Crippen molar-refractivity contribution < 1.29 is 9.21 Å². The Morgan fingerprint density at radius 3 is 2.89 bits per heavy atom. The monoisotopic (exact) mass is 279 g/mol. The van der Waals surface area contributed by atoms with Crippen LogP contribution in [0.25, 0.3) is 0 Å². The van der Waals surface area contributed by atoms with Crippen LogP contribution in [0.1, 0.15) is 27.2 Å². The van der Waals surface area contributed by atoms with Gasteiger partial charge in [-0.1, -0.05) is 0 Å². The Balaban J connectivity index is 2.00. The largest absolute Gasteiger partial charge is 0.468 e. The number of hydrogen-bond acceptors (Lipinski definition) is 5. The topological polar surface area (TPSA) is 58.4 Å². The number of likely N-dealkylation sites (N-methyl/N-ethyl adjacent to an activating group) is 1. The van der Waals surface area contributed by atoms with E-state index in [1.54, 1.807) is 11.8 Å². The van der Waals surface area contributed by atoms with Crippen LogP contribution >= 0.6 is 11.3 Å². The van der Waals surface area contributed by atoms with E-state index in [1.165, 1.54) is 11.3 Å². The summed E-state index contributed by atoms with van der Waals surface area (Å²) < 4.78 is 5.40. The van der Waals surface area contributed by atoms with Crippen molar-refractivity contribution in [2.75, 3.05) is 20.6 Å². The lowest BCUT2D eigenvalue weighted by atomic mass is 10.2. The van der Waals surface area contributed by atoms with Gasteiger partial charge in [0, 0.05) is 6.54 Å². The van der Waals surface area contributed by atoms with Gasteiger partial charge in [0.15, 0.2) is 0 Å². The lowest BCUT2D eigenvalue weighted by Crippen LogP contribution is -2.34. The molecule has 0 aliphatic carbocycles. The zero-order chi connectivity index (χ0) is 13.8. The van der Waals surface area contributed by atoms with E-state index in [1.807, 2.05) is 38.1 Å². The van der Waals surface area contributed by atoms with Crippen LogP contribution in [0, 0.1) is 6.92 Å². The Hall–Kier alpha value is -1.66. The highest BCUT2D eigenvalue weighted by atomic mass is 32.1. The molecule has 2 heterocycles. The van der Waals surface area contributed by atoms with Gasteiger partial charge < -0.3 is 9.73 Å². The highest BCUT2D eigenvalue weighted by Gasteiger charge is 2.19. The summed E-state index contributed by atoms with van der Waals surface area (Å²) in [5.41, 5.74) is 2.45. The first-order valence-corrected chi connectivity index (χ1v) is 6.85. The van der Waals surface area contributed by atoms with Gasteiger partial charge in [-0.15, -0.1) is 11.3 Å². The molecule has 6 heteroatoms. The maximum atomic E-state index is 12.0. The second-order valence-corrected chi connectivity index (χ2v) is 5.33. The second-order valence-electron chi connectivity index (χ2n) is 4.47. The fourth-order valence-corrected chi connectivity index (χ4v) is 2.53. The van der Waals surface area contributed by atoms with Crippen molar-refractivity contribution in [1.29, 1.82) is 0 Å². The maximum Gasteiger partial charge on any atom is 0.263 e. The molecule has 0 aliphatic heterocycles. The van der Waals surface area contributed by atoms with Gasteiger partial charge in [-0.3, -0.25) is 9.69 Å². The molecule has 1 amide bonds.